The molecule has 7 heteroatoms. The Kier molecular flexibility index (Phi) is 5.00. The van der Waals surface area contributed by atoms with Crippen LogP contribution >= 0.6 is 0 Å². The van der Waals surface area contributed by atoms with Crippen molar-refractivity contribution in [3.63, 3.8) is 0 Å². The molecule has 1 saturated carbocycles. The lowest BCUT2D eigenvalue weighted by Gasteiger charge is -2.30. The normalized spacial score (nSPS) is 25.0. The summed E-state index contributed by atoms with van der Waals surface area (Å²) in [6.07, 6.45) is 5.52. The van der Waals surface area contributed by atoms with Crippen molar-refractivity contribution in [2.24, 2.45) is 5.92 Å². The fourth-order valence-electron chi connectivity index (χ4n) is 4.29. The number of imide groups is 1. The molecule has 0 radical (unpaired) electrons. The zero-order valence-corrected chi connectivity index (χ0v) is 16.4. The molecule has 2 heterocycles. The second kappa shape index (κ2) is 7.45. The zero-order chi connectivity index (χ0) is 19.7. The van der Waals surface area contributed by atoms with Gasteiger partial charge < -0.3 is 15.5 Å². The maximum atomic E-state index is 12.6. The lowest BCUT2D eigenvalue weighted by atomic mass is 9.96. The number of nitrogens with one attached hydrogen (secondary N) is 2. The van der Waals surface area contributed by atoms with Crippen LogP contribution in [0.2, 0.25) is 0 Å². The molecule has 4 amide bonds. The van der Waals surface area contributed by atoms with Crippen LogP contribution < -0.4 is 15.5 Å². The Bertz CT molecular complexity index is 786. The van der Waals surface area contributed by atoms with Crippen molar-refractivity contribution >= 4 is 23.5 Å². The van der Waals surface area contributed by atoms with Gasteiger partial charge in [0.15, 0.2) is 0 Å². The SMILES string of the molecule is CC1(C2CC2)NC(=O)N(CC(=O)NCc2ccccc2N2CCCCC2)C1=O. The summed E-state index contributed by atoms with van der Waals surface area (Å²) in [6, 6.07) is 7.62. The van der Waals surface area contributed by atoms with Gasteiger partial charge in [-0.25, -0.2) is 4.79 Å². The van der Waals surface area contributed by atoms with Crippen LogP contribution in [0.4, 0.5) is 10.5 Å². The molecule has 7 nitrogen and oxygen atoms in total. The molecule has 1 unspecified atom stereocenters. The number of carbonyl (C=O) groups excluding carboxylic acids is 3. The highest BCUT2D eigenvalue weighted by atomic mass is 16.2. The van der Waals surface area contributed by atoms with Gasteiger partial charge in [0.25, 0.3) is 5.91 Å². The highest BCUT2D eigenvalue weighted by Gasteiger charge is 2.56. The Morgan fingerprint density at radius 1 is 1.18 bits per heavy atom. The van der Waals surface area contributed by atoms with E-state index in [1.807, 2.05) is 18.2 Å². The number of carbonyl (C=O) groups is 3. The minimum atomic E-state index is -0.849. The second-order valence-electron chi connectivity index (χ2n) is 8.25. The molecule has 3 fully saturated rings. The van der Waals surface area contributed by atoms with Crippen LogP contribution in [0.3, 0.4) is 0 Å². The van der Waals surface area contributed by atoms with E-state index >= 15 is 0 Å². The van der Waals surface area contributed by atoms with Gasteiger partial charge in [-0.15, -0.1) is 0 Å². The standard InChI is InChI=1S/C21H28N4O3/c1-21(16-9-10-16)19(27)25(20(28)23-21)14-18(26)22-13-15-7-3-4-8-17(15)24-11-5-2-6-12-24/h3-4,7-8,16H,2,5-6,9-14H2,1H3,(H,22,26)(H,23,28). The van der Waals surface area contributed by atoms with Crippen molar-refractivity contribution < 1.29 is 14.4 Å². The predicted octanol–water partition coefficient (Wildman–Crippen LogP) is 2.01. The highest BCUT2D eigenvalue weighted by Crippen LogP contribution is 2.42. The van der Waals surface area contributed by atoms with Crippen LogP contribution in [0.15, 0.2) is 24.3 Å². The van der Waals surface area contributed by atoms with Crippen molar-refractivity contribution in [1.82, 2.24) is 15.5 Å². The highest BCUT2D eigenvalue weighted by molar-refractivity contribution is 6.09. The van der Waals surface area contributed by atoms with Crippen LogP contribution in [0.1, 0.15) is 44.6 Å². The number of para-hydroxylation sites is 1. The average Bonchev–Trinajstić information content (AvgIpc) is 3.53. The minimum Gasteiger partial charge on any atom is -0.371 e. The summed E-state index contributed by atoms with van der Waals surface area (Å²) in [7, 11) is 0. The van der Waals surface area contributed by atoms with Gasteiger partial charge in [-0.1, -0.05) is 18.2 Å². The van der Waals surface area contributed by atoms with E-state index in [-0.39, 0.29) is 24.3 Å². The number of piperidine rings is 1. The number of benzene rings is 1. The summed E-state index contributed by atoms with van der Waals surface area (Å²) in [4.78, 5) is 40.7. The van der Waals surface area contributed by atoms with Crippen LogP contribution in [0.5, 0.6) is 0 Å². The molecule has 0 spiro atoms. The van der Waals surface area contributed by atoms with E-state index in [0.29, 0.717) is 6.54 Å². The summed E-state index contributed by atoms with van der Waals surface area (Å²) >= 11 is 0. The third-order valence-corrected chi connectivity index (χ3v) is 6.16. The van der Waals surface area contributed by atoms with Crippen LogP contribution in [0.25, 0.3) is 0 Å². The molecule has 1 aromatic carbocycles. The summed E-state index contributed by atoms with van der Waals surface area (Å²) in [5.41, 5.74) is 1.36. The third-order valence-electron chi connectivity index (χ3n) is 6.16. The maximum absolute atomic E-state index is 12.6. The van der Waals surface area contributed by atoms with E-state index in [4.69, 9.17) is 0 Å². The van der Waals surface area contributed by atoms with E-state index in [1.54, 1.807) is 6.92 Å². The number of hydrogen-bond donors (Lipinski definition) is 2. The van der Waals surface area contributed by atoms with Gasteiger partial charge in [0, 0.05) is 25.3 Å². The van der Waals surface area contributed by atoms with Gasteiger partial charge >= 0.3 is 6.03 Å². The Labute approximate surface area is 165 Å². The summed E-state index contributed by atoms with van der Waals surface area (Å²) in [5, 5.41) is 5.65. The quantitative estimate of drug-likeness (QED) is 0.735. The Hall–Kier alpha value is -2.57. The first-order valence-corrected chi connectivity index (χ1v) is 10.2. The van der Waals surface area contributed by atoms with Crippen molar-refractivity contribution in [2.75, 3.05) is 24.5 Å². The third kappa shape index (κ3) is 3.57. The molecule has 2 aliphatic heterocycles. The number of nitrogens with zero attached hydrogens (tertiary/aromatic N) is 2. The minimum absolute atomic E-state index is 0.188. The molecule has 2 N–H and O–H groups in total. The fourth-order valence-corrected chi connectivity index (χ4v) is 4.29. The van der Waals surface area contributed by atoms with Gasteiger partial charge in [-0.05, 0) is 56.6 Å². The Morgan fingerprint density at radius 2 is 1.89 bits per heavy atom. The van der Waals surface area contributed by atoms with Crippen molar-refractivity contribution in [3.05, 3.63) is 29.8 Å². The molecule has 1 aromatic rings. The molecule has 1 atom stereocenters. The van der Waals surface area contributed by atoms with Crippen molar-refractivity contribution in [2.45, 2.75) is 51.1 Å². The second-order valence-corrected chi connectivity index (χ2v) is 8.25. The number of hydrogen-bond acceptors (Lipinski definition) is 4. The smallest absolute Gasteiger partial charge is 0.325 e. The molecule has 0 bridgehead atoms. The lowest BCUT2D eigenvalue weighted by Crippen LogP contribution is -2.47. The maximum Gasteiger partial charge on any atom is 0.325 e. The van der Waals surface area contributed by atoms with Gasteiger partial charge in [0.05, 0.1) is 0 Å². The zero-order valence-electron chi connectivity index (χ0n) is 16.4. The Balaban J connectivity index is 1.36. The van der Waals surface area contributed by atoms with Gasteiger partial charge in [0.1, 0.15) is 12.1 Å². The molecular weight excluding hydrogens is 356 g/mol. The van der Waals surface area contributed by atoms with Crippen LogP contribution in [-0.4, -0.2) is 47.9 Å². The lowest BCUT2D eigenvalue weighted by molar-refractivity contribution is -0.135. The van der Waals surface area contributed by atoms with Gasteiger partial charge in [0.2, 0.25) is 5.91 Å². The van der Waals surface area contributed by atoms with E-state index in [1.165, 1.54) is 19.3 Å². The van der Waals surface area contributed by atoms with E-state index in [9.17, 15) is 14.4 Å². The molecule has 3 aliphatic rings. The van der Waals surface area contributed by atoms with E-state index < -0.39 is 11.6 Å². The summed E-state index contributed by atoms with van der Waals surface area (Å²) < 4.78 is 0. The monoisotopic (exact) mass is 384 g/mol. The van der Waals surface area contributed by atoms with Crippen molar-refractivity contribution in [1.29, 1.82) is 0 Å². The van der Waals surface area contributed by atoms with Crippen molar-refractivity contribution in [3.8, 4) is 0 Å². The largest absolute Gasteiger partial charge is 0.371 e. The first kappa shape index (κ1) is 18.8. The summed E-state index contributed by atoms with van der Waals surface area (Å²) in [6.45, 7) is 3.98. The average molecular weight is 384 g/mol. The van der Waals surface area contributed by atoms with E-state index in [2.05, 4.69) is 21.6 Å². The Morgan fingerprint density at radius 3 is 2.61 bits per heavy atom. The number of urea groups is 1. The number of anilines is 1. The van der Waals surface area contributed by atoms with E-state index in [0.717, 1.165) is 42.1 Å². The summed E-state index contributed by atoms with van der Waals surface area (Å²) in [5.74, 6) is -0.422. The fraction of sp³-hybridized carbons (Fsp3) is 0.571. The predicted molar refractivity (Wildman–Crippen MR) is 106 cm³/mol. The molecule has 150 valence electrons. The first-order chi connectivity index (χ1) is 13.5. The first-order valence-electron chi connectivity index (χ1n) is 10.2. The van der Waals surface area contributed by atoms with Crippen LogP contribution in [-0.2, 0) is 16.1 Å². The molecule has 1 aliphatic carbocycles. The molecular formula is C21H28N4O3. The van der Waals surface area contributed by atoms with Crippen LogP contribution in [0, 0.1) is 5.92 Å². The number of amides is 4. The molecule has 4 rings (SSSR count). The topological polar surface area (TPSA) is 81.8 Å². The number of rotatable bonds is 6. The van der Waals surface area contributed by atoms with Gasteiger partial charge in [-0.2, -0.15) is 0 Å². The molecule has 28 heavy (non-hydrogen) atoms. The molecule has 0 aromatic heterocycles. The van der Waals surface area contributed by atoms with Gasteiger partial charge in [-0.3, -0.25) is 14.5 Å². The molecule has 2 saturated heterocycles.